The first kappa shape index (κ1) is 8.65. The fourth-order valence-corrected chi connectivity index (χ4v) is 1.44. The SMILES string of the molecule is C[C@@H](N)c1nc2ncc(Br)cc2[nH]1. The summed E-state index contributed by atoms with van der Waals surface area (Å²) in [6.45, 7) is 1.88. The maximum atomic E-state index is 5.68. The normalized spacial score (nSPS) is 13.5. The van der Waals surface area contributed by atoms with Gasteiger partial charge in [-0.3, -0.25) is 0 Å². The molecule has 3 N–H and O–H groups in total. The number of halogens is 1. The first-order valence-corrected chi connectivity index (χ1v) is 4.73. The van der Waals surface area contributed by atoms with Gasteiger partial charge in [-0.05, 0) is 28.9 Å². The number of nitrogens with zero attached hydrogens (tertiary/aromatic N) is 2. The lowest BCUT2D eigenvalue weighted by Gasteiger charge is -1.96. The van der Waals surface area contributed by atoms with Crippen LogP contribution in [0.5, 0.6) is 0 Å². The van der Waals surface area contributed by atoms with Crippen LogP contribution in [0.1, 0.15) is 18.8 Å². The van der Waals surface area contributed by atoms with Gasteiger partial charge in [0.1, 0.15) is 5.82 Å². The summed E-state index contributed by atoms with van der Waals surface area (Å²) in [5.74, 6) is 0.764. The zero-order valence-corrected chi connectivity index (χ0v) is 8.67. The lowest BCUT2D eigenvalue weighted by atomic mass is 10.3. The summed E-state index contributed by atoms with van der Waals surface area (Å²) in [4.78, 5) is 11.5. The number of hydrogen-bond acceptors (Lipinski definition) is 3. The molecule has 2 aromatic heterocycles. The zero-order valence-electron chi connectivity index (χ0n) is 7.08. The van der Waals surface area contributed by atoms with Crippen molar-refractivity contribution < 1.29 is 0 Å². The summed E-state index contributed by atoms with van der Waals surface area (Å²) in [6, 6.07) is 1.84. The molecule has 0 aliphatic rings. The molecule has 2 rings (SSSR count). The van der Waals surface area contributed by atoms with E-state index in [1.54, 1.807) is 6.20 Å². The van der Waals surface area contributed by atoms with Crippen molar-refractivity contribution in [3.05, 3.63) is 22.6 Å². The smallest absolute Gasteiger partial charge is 0.177 e. The van der Waals surface area contributed by atoms with Gasteiger partial charge in [0.05, 0.1) is 11.6 Å². The number of nitrogens with two attached hydrogens (primary N) is 1. The van der Waals surface area contributed by atoms with E-state index in [0.717, 1.165) is 15.8 Å². The van der Waals surface area contributed by atoms with Crippen LogP contribution in [0, 0.1) is 0 Å². The molecule has 0 fully saturated rings. The molecule has 1 atom stereocenters. The molecule has 0 aliphatic carbocycles. The van der Waals surface area contributed by atoms with Crippen molar-refractivity contribution in [1.82, 2.24) is 15.0 Å². The number of aromatic amines is 1. The number of aromatic nitrogens is 3. The molecular formula is C8H9BrN4. The van der Waals surface area contributed by atoms with E-state index in [4.69, 9.17) is 5.73 Å². The number of H-pyrrole nitrogens is 1. The van der Waals surface area contributed by atoms with Crippen LogP contribution in [0.3, 0.4) is 0 Å². The van der Waals surface area contributed by atoms with Crippen LogP contribution in [0.4, 0.5) is 0 Å². The van der Waals surface area contributed by atoms with Gasteiger partial charge in [0.15, 0.2) is 5.65 Å². The molecule has 4 nitrogen and oxygen atoms in total. The van der Waals surface area contributed by atoms with Gasteiger partial charge in [-0.1, -0.05) is 0 Å². The zero-order chi connectivity index (χ0) is 9.42. The molecule has 0 saturated carbocycles. The Balaban J connectivity index is 2.62. The summed E-state index contributed by atoms with van der Waals surface area (Å²) in [5, 5.41) is 0. The first-order valence-electron chi connectivity index (χ1n) is 3.93. The van der Waals surface area contributed by atoms with Crippen LogP contribution < -0.4 is 5.73 Å². The number of imidazole rings is 1. The highest BCUT2D eigenvalue weighted by atomic mass is 79.9. The molecule has 2 heterocycles. The third kappa shape index (κ3) is 1.57. The Labute approximate surface area is 83.7 Å². The number of rotatable bonds is 1. The second-order valence-corrected chi connectivity index (χ2v) is 3.85. The second-order valence-electron chi connectivity index (χ2n) is 2.94. The summed E-state index contributed by atoms with van der Waals surface area (Å²) in [7, 11) is 0. The molecule has 0 spiro atoms. The third-order valence-electron chi connectivity index (χ3n) is 1.75. The van der Waals surface area contributed by atoms with Crippen molar-refractivity contribution >= 4 is 27.1 Å². The lowest BCUT2D eigenvalue weighted by Crippen LogP contribution is -2.06. The quantitative estimate of drug-likeness (QED) is 0.798. The van der Waals surface area contributed by atoms with E-state index in [1.807, 2.05) is 13.0 Å². The fraction of sp³-hybridized carbons (Fsp3) is 0.250. The molecule has 13 heavy (non-hydrogen) atoms. The molecule has 68 valence electrons. The third-order valence-corrected chi connectivity index (χ3v) is 2.19. The predicted octanol–water partition coefficient (Wildman–Crippen LogP) is 1.74. The van der Waals surface area contributed by atoms with Crippen LogP contribution in [0.2, 0.25) is 0 Å². The Hall–Kier alpha value is -0.940. The van der Waals surface area contributed by atoms with Crippen molar-refractivity contribution in [2.45, 2.75) is 13.0 Å². The van der Waals surface area contributed by atoms with E-state index in [0.29, 0.717) is 5.65 Å². The summed E-state index contributed by atoms with van der Waals surface area (Å²) < 4.78 is 0.930. The number of nitrogens with one attached hydrogen (secondary N) is 1. The molecule has 0 amide bonds. The monoisotopic (exact) mass is 240 g/mol. The predicted molar refractivity (Wildman–Crippen MR) is 54.2 cm³/mol. The van der Waals surface area contributed by atoms with Crippen LogP contribution in [0.15, 0.2) is 16.7 Å². The second kappa shape index (κ2) is 3.08. The minimum atomic E-state index is -0.0898. The lowest BCUT2D eigenvalue weighted by molar-refractivity contribution is 0.759. The van der Waals surface area contributed by atoms with Gasteiger partial charge >= 0.3 is 0 Å². The summed E-state index contributed by atoms with van der Waals surface area (Å²) >= 11 is 3.34. The van der Waals surface area contributed by atoms with Gasteiger partial charge in [0, 0.05) is 10.7 Å². The Bertz CT molecular complexity index is 435. The van der Waals surface area contributed by atoms with Gasteiger partial charge in [-0.25, -0.2) is 9.97 Å². The van der Waals surface area contributed by atoms with E-state index < -0.39 is 0 Å². The Kier molecular flexibility index (Phi) is 2.05. The fourth-order valence-electron chi connectivity index (χ4n) is 1.11. The van der Waals surface area contributed by atoms with Crippen LogP contribution in [0.25, 0.3) is 11.2 Å². The van der Waals surface area contributed by atoms with Crippen molar-refractivity contribution in [3.63, 3.8) is 0 Å². The van der Waals surface area contributed by atoms with Crippen LogP contribution >= 0.6 is 15.9 Å². The van der Waals surface area contributed by atoms with Crippen molar-refractivity contribution in [2.24, 2.45) is 5.73 Å². The number of pyridine rings is 1. The molecule has 5 heteroatoms. The van der Waals surface area contributed by atoms with Crippen molar-refractivity contribution in [1.29, 1.82) is 0 Å². The van der Waals surface area contributed by atoms with E-state index in [2.05, 4.69) is 30.9 Å². The Morgan fingerprint density at radius 3 is 3.08 bits per heavy atom. The average Bonchev–Trinajstić information content (AvgIpc) is 2.46. The van der Waals surface area contributed by atoms with Crippen molar-refractivity contribution in [3.8, 4) is 0 Å². The molecular weight excluding hydrogens is 232 g/mol. The highest BCUT2D eigenvalue weighted by Gasteiger charge is 2.06. The van der Waals surface area contributed by atoms with Gasteiger partial charge in [-0.2, -0.15) is 0 Å². The Morgan fingerprint density at radius 2 is 2.38 bits per heavy atom. The topological polar surface area (TPSA) is 67.6 Å². The standard InChI is InChI=1S/C8H9BrN4/c1-4(10)7-12-6-2-5(9)3-11-8(6)13-7/h2-4H,10H2,1H3,(H,11,12,13)/t4-/m1/s1. The Morgan fingerprint density at radius 1 is 1.62 bits per heavy atom. The highest BCUT2D eigenvalue weighted by Crippen LogP contribution is 2.16. The molecule has 0 unspecified atom stereocenters. The minimum Gasteiger partial charge on any atom is -0.339 e. The van der Waals surface area contributed by atoms with Gasteiger partial charge in [0.25, 0.3) is 0 Å². The molecule has 0 bridgehead atoms. The van der Waals surface area contributed by atoms with Crippen LogP contribution in [-0.2, 0) is 0 Å². The minimum absolute atomic E-state index is 0.0898. The number of hydrogen-bond donors (Lipinski definition) is 2. The van der Waals surface area contributed by atoms with E-state index >= 15 is 0 Å². The van der Waals surface area contributed by atoms with E-state index in [9.17, 15) is 0 Å². The molecule has 2 aromatic rings. The van der Waals surface area contributed by atoms with Gasteiger partial charge in [-0.15, -0.1) is 0 Å². The van der Waals surface area contributed by atoms with E-state index in [-0.39, 0.29) is 6.04 Å². The van der Waals surface area contributed by atoms with Crippen LogP contribution in [-0.4, -0.2) is 15.0 Å². The van der Waals surface area contributed by atoms with Crippen molar-refractivity contribution in [2.75, 3.05) is 0 Å². The largest absolute Gasteiger partial charge is 0.339 e. The summed E-state index contributed by atoms with van der Waals surface area (Å²) in [6.07, 6.45) is 1.72. The molecule has 0 aromatic carbocycles. The molecule has 0 radical (unpaired) electrons. The van der Waals surface area contributed by atoms with Gasteiger partial charge in [0.2, 0.25) is 0 Å². The number of fused-ring (bicyclic) bond motifs is 1. The van der Waals surface area contributed by atoms with E-state index in [1.165, 1.54) is 0 Å². The first-order chi connectivity index (χ1) is 6.16. The van der Waals surface area contributed by atoms with Gasteiger partial charge < -0.3 is 10.7 Å². The highest BCUT2D eigenvalue weighted by molar-refractivity contribution is 9.10. The maximum Gasteiger partial charge on any atom is 0.177 e. The molecule has 0 saturated heterocycles. The summed E-state index contributed by atoms with van der Waals surface area (Å²) in [5.41, 5.74) is 7.29. The molecule has 0 aliphatic heterocycles. The maximum absolute atomic E-state index is 5.68. The average molecular weight is 241 g/mol.